The van der Waals surface area contributed by atoms with Crippen molar-refractivity contribution in [1.82, 2.24) is 0 Å². The normalized spacial score (nSPS) is 11.9. The molecule has 0 saturated heterocycles. The van der Waals surface area contributed by atoms with Crippen LogP contribution in [-0.2, 0) is 0 Å². The van der Waals surface area contributed by atoms with E-state index in [-0.39, 0.29) is 22.7 Å². The predicted molar refractivity (Wildman–Crippen MR) is 70.2 cm³/mol. The number of rotatable bonds is 4. The van der Waals surface area contributed by atoms with E-state index in [0.29, 0.717) is 0 Å². The molecule has 0 unspecified atom stereocenters. The summed E-state index contributed by atoms with van der Waals surface area (Å²) in [6.45, 7) is 1.46. The largest absolute Gasteiger partial charge is 0.450 e. The number of aliphatic hydroxyl groups excluding tert-OH is 1. The number of nitro benzene ring substituents is 1. The molecule has 0 amide bonds. The molecule has 0 spiro atoms. The summed E-state index contributed by atoms with van der Waals surface area (Å²) in [5, 5.41) is 20.5. The monoisotopic (exact) mass is 277 g/mol. The van der Waals surface area contributed by atoms with Crippen LogP contribution in [0.2, 0.25) is 0 Å². The van der Waals surface area contributed by atoms with Crippen molar-refractivity contribution in [2.24, 2.45) is 0 Å². The Kier molecular flexibility index (Phi) is 3.95. The van der Waals surface area contributed by atoms with Gasteiger partial charge in [-0.25, -0.2) is 4.39 Å². The van der Waals surface area contributed by atoms with Crippen LogP contribution >= 0.6 is 0 Å². The highest BCUT2D eigenvalue weighted by molar-refractivity contribution is 5.49. The van der Waals surface area contributed by atoms with Gasteiger partial charge in [-0.3, -0.25) is 10.1 Å². The van der Waals surface area contributed by atoms with Gasteiger partial charge in [0.05, 0.1) is 11.0 Å². The average molecular weight is 277 g/mol. The summed E-state index contributed by atoms with van der Waals surface area (Å²) < 4.78 is 18.6. The molecule has 0 aliphatic heterocycles. The van der Waals surface area contributed by atoms with Crippen molar-refractivity contribution in [3.63, 3.8) is 0 Å². The highest BCUT2D eigenvalue weighted by atomic mass is 19.1. The first-order chi connectivity index (χ1) is 9.49. The van der Waals surface area contributed by atoms with Gasteiger partial charge in [-0.05, 0) is 31.2 Å². The summed E-state index contributed by atoms with van der Waals surface area (Å²) in [4.78, 5) is 10.3. The van der Waals surface area contributed by atoms with E-state index in [0.717, 1.165) is 12.1 Å². The van der Waals surface area contributed by atoms with Gasteiger partial charge in [0, 0.05) is 11.6 Å². The molecule has 104 valence electrons. The summed E-state index contributed by atoms with van der Waals surface area (Å²) in [5.74, 6) is -0.308. The highest BCUT2D eigenvalue weighted by Gasteiger charge is 2.17. The molecule has 0 aromatic heterocycles. The second-order valence-corrected chi connectivity index (χ2v) is 4.19. The van der Waals surface area contributed by atoms with E-state index < -0.39 is 16.8 Å². The van der Waals surface area contributed by atoms with E-state index in [1.54, 1.807) is 6.07 Å². The van der Waals surface area contributed by atoms with Crippen LogP contribution in [-0.4, -0.2) is 10.0 Å². The van der Waals surface area contributed by atoms with Crippen LogP contribution in [0.15, 0.2) is 42.5 Å². The molecule has 0 aliphatic rings. The molecule has 5 nitrogen and oxygen atoms in total. The Morgan fingerprint density at radius 3 is 2.60 bits per heavy atom. The second kappa shape index (κ2) is 5.66. The van der Waals surface area contributed by atoms with Gasteiger partial charge < -0.3 is 9.84 Å². The zero-order valence-electron chi connectivity index (χ0n) is 10.6. The van der Waals surface area contributed by atoms with Gasteiger partial charge in [0.15, 0.2) is 0 Å². The van der Waals surface area contributed by atoms with Gasteiger partial charge in [0.2, 0.25) is 5.75 Å². The minimum Gasteiger partial charge on any atom is -0.450 e. The molecule has 0 fully saturated rings. The van der Waals surface area contributed by atoms with E-state index in [9.17, 15) is 19.6 Å². The lowest BCUT2D eigenvalue weighted by Crippen LogP contribution is -1.99. The number of nitro groups is 1. The maximum absolute atomic E-state index is 13.2. The Morgan fingerprint density at radius 2 is 1.95 bits per heavy atom. The quantitative estimate of drug-likeness (QED) is 0.684. The molecule has 20 heavy (non-hydrogen) atoms. The number of hydrogen-bond donors (Lipinski definition) is 1. The number of aliphatic hydroxyl groups is 1. The van der Waals surface area contributed by atoms with E-state index in [4.69, 9.17) is 4.74 Å². The fourth-order valence-corrected chi connectivity index (χ4v) is 1.75. The molecule has 0 saturated carbocycles. The lowest BCUT2D eigenvalue weighted by Gasteiger charge is -2.13. The van der Waals surface area contributed by atoms with E-state index in [1.807, 2.05) is 0 Å². The van der Waals surface area contributed by atoms with Crippen molar-refractivity contribution in [2.45, 2.75) is 13.0 Å². The smallest absolute Gasteiger partial charge is 0.311 e. The van der Waals surface area contributed by atoms with Gasteiger partial charge in [-0.1, -0.05) is 12.1 Å². The maximum Gasteiger partial charge on any atom is 0.311 e. The first-order valence-electron chi connectivity index (χ1n) is 5.88. The summed E-state index contributed by atoms with van der Waals surface area (Å²) >= 11 is 0. The van der Waals surface area contributed by atoms with Crippen molar-refractivity contribution in [3.05, 3.63) is 64.0 Å². The Hall–Kier alpha value is -2.47. The SMILES string of the molecule is C[C@H](O)c1cc(F)ccc1Oc1ccccc1[N+](=O)[O-]. The van der Waals surface area contributed by atoms with Crippen LogP contribution in [0.25, 0.3) is 0 Å². The third kappa shape index (κ3) is 2.92. The first kappa shape index (κ1) is 14.0. The van der Waals surface area contributed by atoms with Crippen LogP contribution in [0.1, 0.15) is 18.6 Å². The fourth-order valence-electron chi connectivity index (χ4n) is 1.75. The van der Waals surface area contributed by atoms with Crippen molar-refractivity contribution < 1.29 is 19.2 Å². The minimum atomic E-state index is -0.955. The molecule has 2 aromatic carbocycles. The Bertz CT molecular complexity index is 643. The summed E-state index contributed by atoms with van der Waals surface area (Å²) in [6.07, 6.45) is -0.955. The van der Waals surface area contributed by atoms with Crippen molar-refractivity contribution in [1.29, 1.82) is 0 Å². The molecular formula is C14H12FNO4. The van der Waals surface area contributed by atoms with Gasteiger partial charge in [0.25, 0.3) is 0 Å². The number of para-hydroxylation sites is 2. The molecule has 2 rings (SSSR count). The van der Waals surface area contributed by atoms with Gasteiger partial charge >= 0.3 is 5.69 Å². The number of halogens is 1. The molecular weight excluding hydrogens is 265 g/mol. The number of hydrogen-bond acceptors (Lipinski definition) is 4. The summed E-state index contributed by atoms with van der Waals surface area (Å²) in [6, 6.07) is 9.48. The molecule has 0 aliphatic carbocycles. The second-order valence-electron chi connectivity index (χ2n) is 4.19. The standard InChI is InChI=1S/C14H12FNO4/c1-9(17)11-8-10(15)6-7-13(11)20-14-5-3-2-4-12(14)16(18)19/h2-9,17H,1H3/t9-/m0/s1. The van der Waals surface area contributed by atoms with Crippen LogP contribution in [0.3, 0.4) is 0 Å². The van der Waals surface area contributed by atoms with Crippen LogP contribution < -0.4 is 4.74 Å². The lowest BCUT2D eigenvalue weighted by atomic mass is 10.1. The Labute approximate surface area is 114 Å². The predicted octanol–water partition coefficient (Wildman–Crippen LogP) is 3.58. The number of ether oxygens (including phenoxy) is 1. The molecule has 6 heteroatoms. The number of nitrogens with zero attached hydrogens (tertiary/aromatic N) is 1. The lowest BCUT2D eigenvalue weighted by molar-refractivity contribution is -0.385. The summed E-state index contributed by atoms with van der Waals surface area (Å²) in [5.41, 5.74) is 0.0246. The third-order valence-corrected chi connectivity index (χ3v) is 2.70. The fraction of sp³-hybridized carbons (Fsp3) is 0.143. The molecule has 0 heterocycles. The average Bonchev–Trinajstić information content (AvgIpc) is 2.41. The zero-order chi connectivity index (χ0) is 14.7. The third-order valence-electron chi connectivity index (χ3n) is 2.70. The highest BCUT2D eigenvalue weighted by Crippen LogP contribution is 2.34. The molecule has 1 N–H and O–H groups in total. The van der Waals surface area contributed by atoms with E-state index in [2.05, 4.69) is 0 Å². The Balaban J connectivity index is 2.43. The van der Waals surface area contributed by atoms with Crippen molar-refractivity contribution in [2.75, 3.05) is 0 Å². The summed E-state index contributed by atoms with van der Waals surface area (Å²) in [7, 11) is 0. The van der Waals surface area contributed by atoms with Gasteiger partial charge in [0.1, 0.15) is 11.6 Å². The molecule has 2 aromatic rings. The van der Waals surface area contributed by atoms with Crippen molar-refractivity contribution >= 4 is 5.69 Å². The van der Waals surface area contributed by atoms with E-state index >= 15 is 0 Å². The number of benzene rings is 2. The van der Waals surface area contributed by atoms with Crippen LogP contribution in [0.5, 0.6) is 11.5 Å². The van der Waals surface area contributed by atoms with Crippen LogP contribution in [0, 0.1) is 15.9 Å². The van der Waals surface area contributed by atoms with Crippen LogP contribution in [0.4, 0.5) is 10.1 Å². The minimum absolute atomic E-state index is 0.0333. The van der Waals surface area contributed by atoms with Gasteiger partial charge in [-0.15, -0.1) is 0 Å². The topological polar surface area (TPSA) is 72.6 Å². The van der Waals surface area contributed by atoms with Crippen molar-refractivity contribution in [3.8, 4) is 11.5 Å². The Morgan fingerprint density at radius 1 is 1.25 bits per heavy atom. The molecule has 1 atom stereocenters. The van der Waals surface area contributed by atoms with E-state index in [1.165, 1.54) is 31.2 Å². The molecule has 0 bridgehead atoms. The maximum atomic E-state index is 13.2. The van der Waals surface area contributed by atoms with Gasteiger partial charge in [-0.2, -0.15) is 0 Å². The zero-order valence-corrected chi connectivity index (χ0v) is 10.6. The first-order valence-corrected chi connectivity index (χ1v) is 5.88. The molecule has 0 radical (unpaired) electrons.